The average Bonchev–Trinajstić information content (AvgIpc) is 2.23. The molecule has 0 aliphatic carbocycles. The van der Waals surface area contributed by atoms with Gasteiger partial charge < -0.3 is 3.87 Å². The molecule has 0 aromatic heterocycles. The molecule has 0 aliphatic heterocycles. The third-order valence-corrected chi connectivity index (χ3v) is 10.8. The second-order valence-corrected chi connectivity index (χ2v) is 12.1. The van der Waals surface area contributed by atoms with Gasteiger partial charge in [0.25, 0.3) is 20.2 Å². The Morgan fingerprint density at radius 1 is 0.944 bits per heavy atom. The normalized spacial score (nSPS) is 13.1. The Balaban J connectivity index is 0. The van der Waals surface area contributed by atoms with Crippen molar-refractivity contribution in [1.29, 1.82) is 0 Å². The van der Waals surface area contributed by atoms with Crippen LogP contribution >= 0.6 is 0 Å². The molecule has 10 heteroatoms. The molecule has 106 valence electrons. The summed E-state index contributed by atoms with van der Waals surface area (Å²) in [6, 6.07) is 1.97. The Kier molecular flexibility index (Phi) is 9.35. The zero-order valence-electron chi connectivity index (χ0n) is 10.3. The molecule has 0 spiro atoms. The van der Waals surface area contributed by atoms with E-state index in [1.807, 2.05) is 20.8 Å². The van der Waals surface area contributed by atoms with Crippen LogP contribution in [0.25, 0.3) is 0 Å². The van der Waals surface area contributed by atoms with Gasteiger partial charge in [-0.25, -0.2) is 8.42 Å². The molecule has 0 saturated heterocycles. The van der Waals surface area contributed by atoms with Gasteiger partial charge in [0, 0.05) is 0 Å². The number of hydrogen-bond acceptors (Lipinski definition) is 5. The Morgan fingerprint density at radius 3 is 1.61 bits per heavy atom. The first kappa shape index (κ1) is 20.9. The van der Waals surface area contributed by atoms with Crippen molar-refractivity contribution in [2.45, 2.75) is 38.9 Å². The second kappa shape index (κ2) is 8.04. The summed E-state index contributed by atoms with van der Waals surface area (Å²) in [7, 11) is -10.5. The van der Waals surface area contributed by atoms with Crippen LogP contribution in [0.1, 0.15) is 20.8 Å². The molecule has 18 heavy (non-hydrogen) atoms. The fourth-order valence-corrected chi connectivity index (χ4v) is 8.51. The van der Waals surface area contributed by atoms with E-state index in [1.165, 1.54) is 0 Å². The van der Waals surface area contributed by atoms with E-state index in [2.05, 4.69) is 0 Å². The maximum atomic E-state index is 11.6. The third kappa shape index (κ3) is 7.94. The molecule has 6 nitrogen and oxygen atoms in total. The maximum absolute atomic E-state index is 11.6. The van der Waals surface area contributed by atoms with Crippen LogP contribution in [-0.4, -0.2) is 60.1 Å². The van der Waals surface area contributed by atoms with Gasteiger partial charge in [0.15, 0.2) is 0 Å². The van der Waals surface area contributed by atoms with E-state index < -0.39 is 40.1 Å². The molecule has 0 amide bonds. The molecule has 0 radical (unpaired) electrons. The van der Waals surface area contributed by atoms with Gasteiger partial charge in [-0.05, 0) is 18.1 Å². The van der Waals surface area contributed by atoms with E-state index in [0.29, 0.717) is 18.1 Å². The Labute approximate surface area is 123 Å². The second-order valence-electron chi connectivity index (χ2n) is 3.87. The molecule has 0 atom stereocenters. The van der Waals surface area contributed by atoms with E-state index in [0.717, 1.165) is 0 Å². The summed E-state index contributed by atoms with van der Waals surface area (Å²) < 4.78 is 57.9. The average molecular weight is 312 g/mol. The fourth-order valence-electron chi connectivity index (χ4n) is 1.45. The molecule has 0 bridgehead atoms. The van der Waals surface area contributed by atoms with Crippen molar-refractivity contribution in [1.82, 2.24) is 0 Å². The first-order chi connectivity index (χ1) is 7.60. The summed E-state index contributed by atoms with van der Waals surface area (Å²) >= 11 is 0. The van der Waals surface area contributed by atoms with Gasteiger partial charge in [-0.1, -0.05) is 20.8 Å². The van der Waals surface area contributed by atoms with Crippen LogP contribution in [-0.2, 0) is 24.1 Å². The van der Waals surface area contributed by atoms with E-state index in [1.54, 1.807) is 0 Å². The Hall–Kier alpha value is 0.634. The van der Waals surface area contributed by atoms with Crippen LogP contribution in [0.3, 0.4) is 0 Å². The summed E-state index contributed by atoms with van der Waals surface area (Å²) in [4.78, 5) is 0. The van der Waals surface area contributed by atoms with Crippen molar-refractivity contribution >= 4 is 47.4 Å². The SMILES string of the molecule is CC[Si](CC)(CC)OS(=O)(=O)CCS(=O)(=O)O.[LiH]. The van der Waals surface area contributed by atoms with Crippen LogP contribution in [0.4, 0.5) is 0 Å². The molecular weight excluding hydrogens is 291 g/mol. The van der Waals surface area contributed by atoms with Gasteiger partial charge in [-0.2, -0.15) is 8.42 Å². The molecule has 0 aliphatic rings. The topological polar surface area (TPSA) is 97.7 Å². The van der Waals surface area contributed by atoms with E-state index >= 15 is 0 Å². The predicted molar refractivity (Wildman–Crippen MR) is 75.6 cm³/mol. The minimum atomic E-state index is -4.28. The van der Waals surface area contributed by atoms with Gasteiger partial charge in [0.05, 0.1) is 11.5 Å². The number of rotatable bonds is 8. The quantitative estimate of drug-likeness (QED) is 0.520. The van der Waals surface area contributed by atoms with Gasteiger partial charge in [-0.3, -0.25) is 4.55 Å². The summed E-state index contributed by atoms with van der Waals surface area (Å²) in [6.45, 7) is 5.62. The molecule has 0 saturated carbocycles. The van der Waals surface area contributed by atoms with Crippen molar-refractivity contribution in [3.8, 4) is 0 Å². The zero-order valence-corrected chi connectivity index (χ0v) is 13.0. The van der Waals surface area contributed by atoms with Crippen molar-refractivity contribution in [3.05, 3.63) is 0 Å². The van der Waals surface area contributed by atoms with Crippen LogP contribution < -0.4 is 0 Å². The summed E-state index contributed by atoms with van der Waals surface area (Å²) in [5.74, 6) is -1.52. The number of hydrogen-bond donors (Lipinski definition) is 1. The van der Waals surface area contributed by atoms with Gasteiger partial charge in [0.1, 0.15) is 0 Å². The van der Waals surface area contributed by atoms with E-state index in [4.69, 9.17) is 8.42 Å². The van der Waals surface area contributed by atoms with E-state index in [-0.39, 0.29) is 18.9 Å². The summed E-state index contributed by atoms with van der Waals surface area (Å²) in [6.07, 6.45) is 0. The molecular formula is C8H21LiO6S2Si. The molecule has 0 heterocycles. The summed E-state index contributed by atoms with van der Waals surface area (Å²) in [5.41, 5.74) is 0. The van der Waals surface area contributed by atoms with Crippen molar-refractivity contribution < 1.29 is 25.3 Å². The van der Waals surface area contributed by atoms with Crippen molar-refractivity contribution in [3.63, 3.8) is 0 Å². The van der Waals surface area contributed by atoms with Crippen molar-refractivity contribution in [2.75, 3.05) is 11.5 Å². The predicted octanol–water partition coefficient (Wildman–Crippen LogP) is 0.577. The molecule has 1 N–H and O–H groups in total. The van der Waals surface area contributed by atoms with Crippen LogP contribution in [0.2, 0.25) is 18.1 Å². The molecule has 0 aromatic carbocycles. The Bertz CT molecular complexity index is 420. The molecule has 0 aromatic rings. The Morgan fingerprint density at radius 2 is 1.33 bits per heavy atom. The first-order valence-corrected chi connectivity index (χ1v) is 11.2. The minimum absolute atomic E-state index is 0. The summed E-state index contributed by atoms with van der Waals surface area (Å²) in [5, 5.41) is 0. The standard InChI is InChI=1S/C8H20O6S2Si.Li.H/c1-4-17(5-2,6-3)14-16(12,13)8-7-15(9,10)11;;/h4-8H2,1-3H3,(H,9,10,11);;. The van der Waals surface area contributed by atoms with Crippen molar-refractivity contribution in [2.24, 2.45) is 0 Å². The first-order valence-electron chi connectivity index (χ1n) is 5.48. The van der Waals surface area contributed by atoms with Crippen LogP contribution in [0, 0.1) is 0 Å². The van der Waals surface area contributed by atoms with Gasteiger partial charge >= 0.3 is 18.9 Å². The zero-order chi connectivity index (χ0) is 13.7. The fraction of sp³-hybridized carbons (Fsp3) is 1.00. The van der Waals surface area contributed by atoms with Gasteiger partial charge in [-0.15, -0.1) is 0 Å². The molecule has 0 fully saturated rings. The molecule has 0 unspecified atom stereocenters. The van der Waals surface area contributed by atoms with Gasteiger partial charge in [0.2, 0.25) is 8.32 Å². The van der Waals surface area contributed by atoms with E-state index in [9.17, 15) is 16.8 Å². The van der Waals surface area contributed by atoms with Crippen LogP contribution in [0.15, 0.2) is 0 Å². The molecule has 0 rings (SSSR count). The third-order valence-electron chi connectivity index (χ3n) is 2.83. The monoisotopic (exact) mass is 312 g/mol. The van der Waals surface area contributed by atoms with Crippen LogP contribution in [0.5, 0.6) is 0 Å².